The van der Waals surface area contributed by atoms with Gasteiger partial charge >= 0.3 is 6.09 Å². The van der Waals surface area contributed by atoms with Gasteiger partial charge in [0, 0.05) is 13.1 Å². The number of likely N-dealkylation sites (tertiary alicyclic amines) is 1. The van der Waals surface area contributed by atoms with Crippen LogP contribution < -0.4 is 0 Å². The van der Waals surface area contributed by atoms with Gasteiger partial charge in [-0.05, 0) is 26.9 Å². The molecular weight excluding hydrogens is 184 g/mol. The first-order chi connectivity index (χ1) is 6.43. The summed E-state index contributed by atoms with van der Waals surface area (Å²) < 4.78 is 0. The molecule has 0 spiro atoms. The quantitative estimate of drug-likeness (QED) is 0.664. The summed E-state index contributed by atoms with van der Waals surface area (Å²) >= 11 is 0. The molecule has 5 heteroatoms. The molecule has 0 radical (unpaired) electrons. The first-order valence-electron chi connectivity index (χ1n) is 4.78. The van der Waals surface area contributed by atoms with Crippen LogP contribution in [0.4, 0.5) is 4.79 Å². The van der Waals surface area contributed by atoms with Crippen molar-refractivity contribution < 1.29 is 15.0 Å². The molecule has 1 atom stereocenters. The standard InChI is InChI=1S/C9H18N2O3/c1-10(2)6-9(14)4-3-5-11(7-9)8(12)13/h14H,3-7H2,1-2H3,(H,12,13). The lowest BCUT2D eigenvalue weighted by atomic mass is 9.92. The monoisotopic (exact) mass is 202 g/mol. The van der Waals surface area contributed by atoms with E-state index in [1.807, 2.05) is 19.0 Å². The highest BCUT2D eigenvalue weighted by molar-refractivity contribution is 5.65. The van der Waals surface area contributed by atoms with E-state index in [1.54, 1.807) is 0 Å². The maximum absolute atomic E-state index is 10.7. The fraction of sp³-hybridized carbons (Fsp3) is 0.889. The van der Waals surface area contributed by atoms with Gasteiger partial charge in [-0.2, -0.15) is 0 Å². The first kappa shape index (κ1) is 11.3. The summed E-state index contributed by atoms with van der Waals surface area (Å²) in [6.45, 7) is 1.27. The van der Waals surface area contributed by atoms with Crippen molar-refractivity contribution in [3.8, 4) is 0 Å². The molecule has 5 nitrogen and oxygen atoms in total. The van der Waals surface area contributed by atoms with E-state index >= 15 is 0 Å². The number of aliphatic hydroxyl groups is 1. The topological polar surface area (TPSA) is 64.0 Å². The molecule has 0 saturated carbocycles. The van der Waals surface area contributed by atoms with E-state index in [4.69, 9.17) is 5.11 Å². The third-order valence-corrected chi connectivity index (χ3v) is 2.44. The number of piperidine rings is 1. The molecule has 1 fully saturated rings. The predicted molar refractivity (Wildman–Crippen MR) is 52.3 cm³/mol. The van der Waals surface area contributed by atoms with Crippen molar-refractivity contribution in [2.75, 3.05) is 33.7 Å². The summed E-state index contributed by atoms with van der Waals surface area (Å²) in [6, 6.07) is 0. The fourth-order valence-corrected chi connectivity index (χ4v) is 1.99. The number of likely N-dealkylation sites (N-methyl/N-ethyl adjacent to an activating group) is 1. The fourth-order valence-electron chi connectivity index (χ4n) is 1.99. The minimum absolute atomic E-state index is 0.223. The number of β-amino-alcohol motifs (C(OH)–C–C–N with tert-alkyl or cyclic N) is 1. The van der Waals surface area contributed by atoms with E-state index in [2.05, 4.69) is 0 Å². The number of nitrogens with zero attached hydrogens (tertiary/aromatic N) is 2. The lowest BCUT2D eigenvalue weighted by molar-refractivity contribution is -0.0400. The normalized spacial score (nSPS) is 28.1. The number of amides is 1. The average molecular weight is 202 g/mol. The molecule has 0 aliphatic carbocycles. The molecule has 1 aliphatic rings. The number of carboxylic acid groups (broad SMARTS) is 1. The van der Waals surface area contributed by atoms with Gasteiger partial charge in [-0.3, -0.25) is 0 Å². The zero-order valence-electron chi connectivity index (χ0n) is 8.73. The lowest BCUT2D eigenvalue weighted by Crippen LogP contribution is -2.54. The van der Waals surface area contributed by atoms with Crippen LogP contribution in [0.3, 0.4) is 0 Å². The maximum atomic E-state index is 10.7. The second kappa shape index (κ2) is 4.14. The van der Waals surface area contributed by atoms with Gasteiger partial charge in [-0.15, -0.1) is 0 Å². The van der Waals surface area contributed by atoms with Crippen molar-refractivity contribution >= 4 is 6.09 Å². The van der Waals surface area contributed by atoms with Crippen molar-refractivity contribution in [2.24, 2.45) is 0 Å². The van der Waals surface area contributed by atoms with E-state index in [1.165, 1.54) is 4.90 Å². The molecule has 1 rings (SSSR count). The molecule has 0 aromatic heterocycles. The van der Waals surface area contributed by atoms with Crippen LogP contribution in [0.2, 0.25) is 0 Å². The first-order valence-corrected chi connectivity index (χ1v) is 4.78. The van der Waals surface area contributed by atoms with Gasteiger partial charge in [0.25, 0.3) is 0 Å². The Labute approximate surface area is 83.9 Å². The predicted octanol–water partition coefficient (Wildman–Crippen LogP) is 0.0529. The van der Waals surface area contributed by atoms with Gasteiger partial charge in [0.2, 0.25) is 0 Å². The van der Waals surface area contributed by atoms with E-state index < -0.39 is 11.7 Å². The van der Waals surface area contributed by atoms with Gasteiger partial charge in [-0.25, -0.2) is 4.79 Å². The number of rotatable bonds is 2. The average Bonchev–Trinajstić information content (AvgIpc) is 2.01. The molecule has 0 bridgehead atoms. The zero-order chi connectivity index (χ0) is 10.8. The van der Waals surface area contributed by atoms with Gasteiger partial charge in [0.05, 0.1) is 12.1 Å². The Morgan fingerprint density at radius 2 is 2.21 bits per heavy atom. The highest BCUT2D eigenvalue weighted by Crippen LogP contribution is 2.21. The van der Waals surface area contributed by atoms with Crippen molar-refractivity contribution in [3.63, 3.8) is 0 Å². The van der Waals surface area contributed by atoms with Crippen LogP contribution >= 0.6 is 0 Å². The van der Waals surface area contributed by atoms with Crippen LogP contribution in [-0.4, -0.2) is 65.4 Å². The summed E-state index contributed by atoms with van der Waals surface area (Å²) in [5, 5.41) is 18.9. The van der Waals surface area contributed by atoms with E-state index in [0.717, 1.165) is 6.42 Å². The van der Waals surface area contributed by atoms with Crippen molar-refractivity contribution in [1.82, 2.24) is 9.80 Å². The van der Waals surface area contributed by atoms with E-state index in [0.29, 0.717) is 19.5 Å². The maximum Gasteiger partial charge on any atom is 0.407 e. The Morgan fingerprint density at radius 1 is 1.57 bits per heavy atom. The van der Waals surface area contributed by atoms with Crippen LogP contribution in [0.1, 0.15) is 12.8 Å². The van der Waals surface area contributed by atoms with Crippen molar-refractivity contribution in [3.05, 3.63) is 0 Å². The number of hydrogen-bond acceptors (Lipinski definition) is 3. The Hall–Kier alpha value is -0.810. The van der Waals surface area contributed by atoms with Crippen LogP contribution in [0.15, 0.2) is 0 Å². The van der Waals surface area contributed by atoms with E-state index in [-0.39, 0.29) is 6.54 Å². The molecule has 1 saturated heterocycles. The van der Waals surface area contributed by atoms with Gasteiger partial charge < -0.3 is 20.0 Å². The summed E-state index contributed by atoms with van der Waals surface area (Å²) in [6.07, 6.45) is 0.466. The van der Waals surface area contributed by atoms with E-state index in [9.17, 15) is 9.90 Å². The lowest BCUT2D eigenvalue weighted by Gasteiger charge is -2.39. The van der Waals surface area contributed by atoms with Crippen LogP contribution in [0.5, 0.6) is 0 Å². The molecule has 1 amide bonds. The Kier molecular flexibility index (Phi) is 3.34. The van der Waals surface area contributed by atoms with Gasteiger partial charge in [0.15, 0.2) is 0 Å². The molecule has 1 aliphatic heterocycles. The Balaban J connectivity index is 2.57. The molecule has 1 unspecified atom stereocenters. The van der Waals surface area contributed by atoms with Crippen LogP contribution in [0, 0.1) is 0 Å². The van der Waals surface area contributed by atoms with Crippen molar-refractivity contribution in [2.45, 2.75) is 18.4 Å². The zero-order valence-corrected chi connectivity index (χ0v) is 8.73. The molecular formula is C9H18N2O3. The van der Waals surface area contributed by atoms with Gasteiger partial charge in [0.1, 0.15) is 0 Å². The molecule has 2 N–H and O–H groups in total. The summed E-state index contributed by atoms with van der Waals surface area (Å²) in [7, 11) is 3.75. The Bertz CT molecular complexity index is 220. The highest BCUT2D eigenvalue weighted by Gasteiger charge is 2.35. The second-order valence-corrected chi connectivity index (χ2v) is 4.27. The molecule has 82 valence electrons. The third kappa shape index (κ3) is 2.85. The van der Waals surface area contributed by atoms with Crippen LogP contribution in [-0.2, 0) is 0 Å². The smallest absolute Gasteiger partial charge is 0.407 e. The number of hydrogen-bond donors (Lipinski definition) is 2. The molecule has 0 aromatic carbocycles. The number of carbonyl (C=O) groups is 1. The minimum atomic E-state index is -0.943. The summed E-state index contributed by atoms with van der Waals surface area (Å²) in [5.41, 5.74) is -0.875. The SMILES string of the molecule is CN(C)CC1(O)CCCN(C(=O)O)C1. The molecule has 1 heterocycles. The minimum Gasteiger partial charge on any atom is -0.465 e. The second-order valence-electron chi connectivity index (χ2n) is 4.27. The van der Waals surface area contributed by atoms with Crippen LogP contribution in [0.25, 0.3) is 0 Å². The van der Waals surface area contributed by atoms with Gasteiger partial charge in [-0.1, -0.05) is 0 Å². The Morgan fingerprint density at radius 3 is 2.71 bits per heavy atom. The molecule has 14 heavy (non-hydrogen) atoms. The third-order valence-electron chi connectivity index (χ3n) is 2.44. The summed E-state index contributed by atoms with van der Waals surface area (Å²) in [5.74, 6) is 0. The summed E-state index contributed by atoms with van der Waals surface area (Å²) in [4.78, 5) is 13.9. The molecule has 0 aromatic rings. The van der Waals surface area contributed by atoms with Crippen molar-refractivity contribution in [1.29, 1.82) is 0 Å². The highest BCUT2D eigenvalue weighted by atomic mass is 16.4. The largest absolute Gasteiger partial charge is 0.465 e.